The molecular formula is C18H24N6O. The number of pyridine rings is 1. The molecule has 0 unspecified atom stereocenters. The molecule has 1 aliphatic heterocycles. The van der Waals surface area contributed by atoms with Gasteiger partial charge in [-0.2, -0.15) is 0 Å². The molecule has 25 heavy (non-hydrogen) atoms. The van der Waals surface area contributed by atoms with Crippen molar-refractivity contribution in [3.63, 3.8) is 0 Å². The third kappa shape index (κ3) is 4.04. The van der Waals surface area contributed by atoms with Crippen LogP contribution in [0.4, 0.5) is 11.6 Å². The molecule has 7 nitrogen and oxygen atoms in total. The van der Waals surface area contributed by atoms with Crippen molar-refractivity contribution in [3.8, 4) is 0 Å². The third-order valence-corrected chi connectivity index (χ3v) is 4.51. The van der Waals surface area contributed by atoms with Gasteiger partial charge < -0.3 is 15.5 Å². The lowest BCUT2D eigenvalue weighted by Crippen LogP contribution is -2.40. The summed E-state index contributed by atoms with van der Waals surface area (Å²) < 4.78 is 0. The molecule has 3 heterocycles. The van der Waals surface area contributed by atoms with Crippen molar-refractivity contribution in [2.75, 3.05) is 30.4 Å². The molecule has 0 bridgehead atoms. The second-order valence-corrected chi connectivity index (χ2v) is 6.11. The van der Waals surface area contributed by atoms with Crippen LogP contribution < -0.4 is 15.5 Å². The van der Waals surface area contributed by atoms with Gasteiger partial charge in [0.25, 0.3) is 5.91 Å². The number of aromatic nitrogens is 3. The van der Waals surface area contributed by atoms with Crippen LogP contribution in [0.25, 0.3) is 0 Å². The second-order valence-electron chi connectivity index (χ2n) is 6.11. The van der Waals surface area contributed by atoms with Crippen LogP contribution in [0.15, 0.2) is 30.7 Å². The highest BCUT2D eigenvalue weighted by Crippen LogP contribution is 2.21. The van der Waals surface area contributed by atoms with E-state index in [1.54, 1.807) is 31.7 Å². The number of hydrogen-bond donors (Lipinski definition) is 2. The second kappa shape index (κ2) is 7.92. The molecule has 7 heteroatoms. The summed E-state index contributed by atoms with van der Waals surface area (Å²) in [5.41, 5.74) is 1.64. The maximum Gasteiger partial charge on any atom is 0.254 e. The van der Waals surface area contributed by atoms with Crippen molar-refractivity contribution in [2.24, 2.45) is 0 Å². The first-order chi connectivity index (χ1) is 12.2. The topological polar surface area (TPSA) is 83.0 Å². The summed E-state index contributed by atoms with van der Waals surface area (Å²) in [5, 5.41) is 6.08. The third-order valence-electron chi connectivity index (χ3n) is 4.51. The van der Waals surface area contributed by atoms with E-state index in [-0.39, 0.29) is 5.91 Å². The maximum atomic E-state index is 12.0. The van der Waals surface area contributed by atoms with E-state index in [2.05, 4.69) is 43.5 Å². The lowest BCUT2D eigenvalue weighted by Gasteiger charge is -2.33. The summed E-state index contributed by atoms with van der Waals surface area (Å²) in [6.45, 7) is 3.93. The molecule has 1 aliphatic rings. The molecular weight excluding hydrogens is 316 g/mol. The Bertz CT molecular complexity index is 727. The van der Waals surface area contributed by atoms with Gasteiger partial charge >= 0.3 is 0 Å². The molecule has 0 radical (unpaired) electrons. The Kier molecular flexibility index (Phi) is 5.42. The number of nitrogens with zero attached hydrogens (tertiary/aromatic N) is 4. The fourth-order valence-corrected chi connectivity index (χ4v) is 3.04. The number of nitrogens with one attached hydrogen (secondary N) is 2. The fourth-order valence-electron chi connectivity index (χ4n) is 3.04. The van der Waals surface area contributed by atoms with Crippen LogP contribution >= 0.6 is 0 Å². The normalized spacial score (nSPS) is 15.0. The van der Waals surface area contributed by atoms with Gasteiger partial charge in [-0.15, -0.1) is 0 Å². The monoisotopic (exact) mass is 340 g/mol. The van der Waals surface area contributed by atoms with E-state index in [1.165, 1.54) is 0 Å². The molecule has 0 spiro atoms. The Hall–Kier alpha value is -2.70. The average molecular weight is 340 g/mol. The first kappa shape index (κ1) is 17.1. The number of carbonyl (C=O) groups is 1. The zero-order valence-corrected chi connectivity index (χ0v) is 14.7. The van der Waals surface area contributed by atoms with Gasteiger partial charge in [0.15, 0.2) is 0 Å². The summed E-state index contributed by atoms with van der Waals surface area (Å²) in [6.07, 6.45) is 6.19. The van der Waals surface area contributed by atoms with Gasteiger partial charge in [-0.25, -0.2) is 15.0 Å². The zero-order valence-electron chi connectivity index (χ0n) is 14.7. The SMILES string of the molecule is CCc1cc(N2CCC(Nc3ncccc3C(=O)NC)CC2)ncn1. The number of carbonyl (C=O) groups excluding carboxylic acids is 1. The van der Waals surface area contributed by atoms with Gasteiger partial charge in [-0.05, 0) is 31.4 Å². The lowest BCUT2D eigenvalue weighted by molar-refractivity contribution is 0.0963. The average Bonchev–Trinajstić information content (AvgIpc) is 2.68. The number of rotatable bonds is 5. The molecule has 2 aromatic heterocycles. The molecule has 1 saturated heterocycles. The van der Waals surface area contributed by atoms with Gasteiger partial charge in [0.2, 0.25) is 0 Å². The summed E-state index contributed by atoms with van der Waals surface area (Å²) >= 11 is 0. The summed E-state index contributed by atoms with van der Waals surface area (Å²) in [6, 6.07) is 5.92. The highest BCUT2D eigenvalue weighted by atomic mass is 16.1. The minimum atomic E-state index is -0.124. The van der Waals surface area contributed by atoms with Crippen molar-refractivity contribution in [2.45, 2.75) is 32.2 Å². The first-order valence-electron chi connectivity index (χ1n) is 8.70. The molecule has 2 aromatic rings. The van der Waals surface area contributed by atoms with E-state index in [4.69, 9.17) is 0 Å². The quantitative estimate of drug-likeness (QED) is 0.865. The van der Waals surface area contributed by atoms with Gasteiger partial charge in [-0.3, -0.25) is 4.79 Å². The standard InChI is InChI=1S/C18H24N6O/c1-3-13-11-16(22-12-21-13)24-9-6-14(7-10-24)23-17-15(18(25)19-2)5-4-8-20-17/h4-5,8,11-12,14H,3,6-7,9-10H2,1-2H3,(H,19,25)(H,20,23). The van der Waals surface area contributed by atoms with E-state index >= 15 is 0 Å². The molecule has 1 fully saturated rings. The number of aryl methyl sites for hydroxylation is 1. The number of hydrogen-bond acceptors (Lipinski definition) is 6. The van der Waals surface area contributed by atoms with Crippen LogP contribution in [-0.4, -0.2) is 47.0 Å². The Morgan fingerprint density at radius 3 is 2.80 bits per heavy atom. The van der Waals surface area contributed by atoms with Crippen molar-refractivity contribution in [1.29, 1.82) is 0 Å². The number of anilines is 2. The molecule has 0 aromatic carbocycles. The van der Waals surface area contributed by atoms with E-state index in [0.717, 1.165) is 43.9 Å². The van der Waals surface area contributed by atoms with Crippen LogP contribution in [0.2, 0.25) is 0 Å². The van der Waals surface area contributed by atoms with E-state index in [9.17, 15) is 4.79 Å². The maximum absolute atomic E-state index is 12.0. The lowest BCUT2D eigenvalue weighted by atomic mass is 10.0. The number of piperidine rings is 1. The first-order valence-corrected chi connectivity index (χ1v) is 8.70. The minimum Gasteiger partial charge on any atom is -0.367 e. The summed E-state index contributed by atoms with van der Waals surface area (Å²) in [7, 11) is 1.63. The molecule has 2 N–H and O–H groups in total. The molecule has 1 amide bonds. The minimum absolute atomic E-state index is 0.124. The molecule has 0 atom stereocenters. The Labute approximate surface area is 147 Å². The van der Waals surface area contributed by atoms with Crippen molar-refractivity contribution in [3.05, 3.63) is 42.0 Å². The predicted octanol–water partition coefficient (Wildman–Crippen LogP) is 1.87. The van der Waals surface area contributed by atoms with Gasteiger partial charge in [0, 0.05) is 44.1 Å². The summed E-state index contributed by atoms with van der Waals surface area (Å²) in [4.78, 5) is 27.2. The molecule has 0 saturated carbocycles. The highest BCUT2D eigenvalue weighted by molar-refractivity contribution is 5.98. The van der Waals surface area contributed by atoms with E-state index < -0.39 is 0 Å². The van der Waals surface area contributed by atoms with Crippen LogP contribution in [-0.2, 0) is 6.42 Å². The van der Waals surface area contributed by atoms with E-state index in [1.807, 2.05) is 0 Å². The molecule has 132 valence electrons. The Morgan fingerprint density at radius 2 is 2.08 bits per heavy atom. The van der Waals surface area contributed by atoms with Crippen LogP contribution in [0.5, 0.6) is 0 Å². The molecule has 3 rings (SSSR count). The summed E-state index contributed by atoms with van der Waals surface area (Å²) in [5.74, 6) is 1.52. The number of amides is 1. The Morgan fingerprint density at radius 1 is 1.28 bits per heavy atom. The van der Waals surface area contributed by atoms with Crippen molar-refractivity contribution in [1.82, 2.24) is 20.3 Å². The largest absolute Gasteiger partial charge is 0.367 e. The van der Waals surface area contributed by atoms with Crippen molar-refractivity contribution < 1.29 is 4.79 Å². The van der Waals surface area contributed by atoms with Crippen molar-refractivity contribution >= 4 is 17.5 Å². The Balaban J connectivity index is 1.62. The predicted molar refractivity (Wildman–Crippen MR) is 97.9 cm³/mol. The highest BCUT2D eigenvalue weighted by Gasteiger charge is 2.22. The smallest absolute Gasteiger partial charge is 0.254 e. The van der Waals surface area contributed by atoms with Crippen LogP contribution in [0.1, 0.15) is 35.8 Å². The zero-order chi connectivity index (χ0) is 17.6. The molecule has 0 aliphatic carbocycles. The van der Waals surface area contributed by atoms with Gasteiger partial charge in [0.1, 0.15) is 18.0 Å². The van der Waals surface area contributed by atoms with Crippen LogP contribution in [0, 0.1) is 0 Å². The van der Waals surface area contributed by atoms with Crippen LogP contribution in [0.3, 0.4) is 0 Å². The van der Waals surface area contributed by atoms with Gasteiger partial charge in [-0.1, -0.05) is 6.92 Å². The fraction of sp³-hybridized carbons (Fsp3) is 0.444. The van der Waals surface area contributed by atoms with E-state index in [0.29, 0.717) is 17.4 Å². The van der Waals surface area contributed by atoms with Gasteiger partial charge in [0.05, 0.1) is 5.56 Å².